The first-order valence-corrected chi connectivity index (χ1v) is 9.81. The average Bonchev–Trinajstić information content (AvgIpc) is 3.24. The van der Waals surface area contributed by atoms with E-state index < -0.39 is 10.0 Å². The Kier molecular flexibility index (Phi) is 5.16. The zero-order valence-corrected chi connectivity index (χ0v) is 15.4. The molecule has 0 saturated heterocycles. The molecular formula is C16H17N3O4S2. The molecule has 7 nitrogen and oxygen atoms in total. The van der Waals surface area contributed by atoms with Crippen LogP contribution in [0.2, 0.25) is 0 Å². The summed E-state index contributed by atoms with van der Waals surface area (Å²) in [4.78, 5) is 0.946. The molecule has 2 heterocycles. The number of ether oxygens (including phenoxy) is 1. The van der Waals surface area contributed by atoms with Gasteiger partial charge < -0.3 is 9.15 Å². The molecular weight excluding hydrogens is 362 g/mol. The van der Waals surface area contributed by atoms with Crippen LogP contribution in [0.25, 0.3) is 11.5 Å². The molecule has 3 rings (SSSR count). The Hall–Kier alpha value is -2.23. The number of hydrogen-bond donors (Lipinski definition) is 1. The van der Waals surface area contributed by atoms with Gasteiger partial charge in [0.1, 0.15) is 9.96 Å². The number of aromatic nitrogens is 2. The Morgan fingerprint density at radius 3 is 2.56 bits per heavy atom. The highest BCUT2D eigenvalue weighted by atomic mass is 32.2. The number of hydrogen-bond acceptors (Lipinski definition) is 7. The quantitative estimate of drug-likeness (QED) is 0.678. The molecule has 3 aromatic rings. The molecule has 0 atom stereocenters. The van der Waals surface area contributed by atoms with Crippen molar-refractivity contribution in [1.29, 1.82) is 0 Å². The van der Waals surface area contributed by atoms with Gasteiger partial charge in [0.05, 0.1) is 7.11 Å². The van der Waals surface area contributed by atoms with Crippen LogP contribution in [-0.2, 0) is 16.4 Å². The van der Waals surface area contributed by atoms with E-state index in [9.17, 15) is 8.42 Å². The highest BCUT2D eigenvalue weighted by molar-refractivity contribution is 7.91. The molecule has 1 N–H and O–H groups in total. The zero-order chi connectivity index (χ0) is 17.9. The summed E-state index contributed by atoms with van der Waals surface area (Å²) in [5.74, 6) is 1.49. The third-order valence-corrected chi connectivity index (χ3v) is 6.37. The van der Waals surface area contributed by atoms with Gasteiger partial charge >= 0.3 is 0 Å². The van der Waals surface area contributed by atoms with Crippen molar-refractivity contribution in [3.05, 3.63) is 47.2 Å². The van der Waals surface area contributed by atoms with Gasteiger partial charge in [-0.05, 0) is 43.3 Å². The standard InChI is InChI=1S/C16H17N3O4S2/c1-11-3-8-15(24-11)25(20,21)17-10-9-14-18-19-16(23-14)12-4-6-13(22-2)7-5-12/h3-8,17H,9-10H2,1-2H3. The third kappa shape index (κ3) is 4.25. The van der Waals surface area contributed by atoms with E-state index in [4.69, 9.17) is 9.15 Å². The van der Waals surface area contributed by atoms with Gasteiger partial charge in [-0.2, -0.15) is 0 Å². The van der Waals surface area contributed by atoms with E-state index in [0.29, 0.717) is 22.4 Å². The van der Waals surface area contributed by atoms with Gasteiger partial charge in [-0.1, -0.05) is 0 Å². The molecule has 0 bridgehead atoms. The van der Waals surface area contributed by atoms with Crippen molar-refractivity contribution >= 4 is 21.4 Å². The number of methoxy groups -OCH3 is 1. The van der Waals surface area contributed by atoms with Gasteiger partial charge in [0.15, 0.2) is 0 Å². The first kappa shape index (κ1) is 17.6. The molecule has 0 fully saturated rings. The fourth-order valence-corrected chi connectivity index (χ4v) is 4.48. The molecule has 0 aliphatic carbocycles. The van der Waals surface area contributed by atoms with Crippen molar-refractivity contribution in [3.8, 4) is 17.2 Å². The van der Waals surface area contributed by atoms with Crippen molar-refractivity contribution < 1.29 is 17.6 Å². The van der Waals surface area contributed by atoms with E-state index in [0.717, 1.165) is 16.2 Å². The van der Waals surface area contributed by atoms with E-state index in [1.165, 1.54) is 11.3 Å². The maximum absolute atomic E-state index is 12.1. The van der Waals surface area contributed by atoms with Crippen LogP contribution in [0.15, 0.2) is 45.0 Å². The third-order valence-electron chi connectivity index (χ3n) is 3.42. The van der Waals surface area contributed by atoms with E-state index in [1.54, 1.807) is 31.4 Å². The van der Waals surface area contributed by atoms with E-state index >= 15 is 0 Å². The molecule has 25 heavy (non-hydrogen) atoms. The largest absolute Gasteiger partial charge is 0.497 e. The SMILES string of the molecule is COc1ccc(-c2nnc(CCNS(=O)(=O)c3ccc(C)s3)o2)cc1. The fraction of sp³-hybridized carbons (Fsp3) is 0.250. The van der Waals surface area contributed by atoms with E-state index in [-0.39, 0.29) is 6.54 Å². The van der Waals surface area contributed by atoms with Crippen LogP contribution in [0.4, 0.5) is 0 Å². The normalized spacial score (nSPS) is 11.6. The summed E-state index contributed by atoms with van der Waals surface area (Å²) in [5, 5.41) is 7.94. The summed E-state index contributed by atoms with van der Waals surface area (Å²) in [6, 6.07) is 10.6. The zero-order valence-electron chi connectivity index (χ0n) is 13.7. The fourth-order valence-electron chi connectivity index (χ4n) is 2.12. The Morgan fingerprint density at radius 1 is 1.16 bits per heavy atom. The molecule has 0 aliphatic heterocycles. The number of benzene rings is 1. The summed E-state index contributed by atoms with van der Waals surface area (Å²) in [6.45, 7) is 2.05. The van der Waals surface area contributed by atoms with Crippen LogP contribution in [-0.4, -0.2) is 32.3 Å². The molecule has 1 aromatic carbocycles. The van der Waals surface area contributed by atoms with Crippen LogP contribution in [0.3, 0.4) is 0 Å². The first-order valence-electron chi connectivity index (χ1n) is 7.51. The minimum Gasteiger partial charge on any atom is -0.497 e. The lowest BCUT2D eigenvalue weighted by Crippen LogP contribution is -2.25. The van der Waals surface area contributed by atoms with Gasteiger partial charge in [-0.3, -0.25) is 0 Å². The van der Waals surface area contributed by atoms with Gasteiger partial charge in [-0.15, -0.1) is 21.5 Å². The van der Waals surface area contributed by atoms with Gasteiger partial charge in [0.25, 0.3) is 0 Å². The number of nitrogens with zero attached hydrogens (tertiary/aromatic N) is 2. The summed E-state index contributed by atoms with van der Waals surface area (Å²) < 4.78 is 37.8. The van der Waals surface area contributed by atoms with Crippen molar-refractivity contribution in [2.75, 3.05) is 13.7 Å². The van der Waals surface area contributed by atoms with Crippen molar-refractivity contribution in [2.45, 2.75) is 17.6 Å². The molecule has 0 amide bonds. The summed E-state index contributed by atoms with van der Waals surface area (Å²) >= 11 is 1.23. The lowest BCUT2D eigenvalue weighted by molar-refractivity contribution is 0.415. The molecule has 0 radical (unpaired) electrons. The number of rotatable bonds is 7. The van der Waals surface area contributed by atoms with Crippen molar-refractivity contribution in [1.82, 2.24) is 14.9 Å². The van der Waals surface area contributed by atoms with E-state index in [2.05, 4.69) is 14.9 Å². The smallest absolute Gasteiger partial charge is 0.250 e. The Bertz CT molecular complexity index is 946. The second-order valence-corrected chi connectivity index (χ2v) is 8.52. The highest BCUT2D eigenvalue weighted by Gasteiger charge is 2.16. The van der Waals surface area contributed by atoms with Crippen LogP contribution >= 0.6 is 11.3 Å². The molecule has 0 unspecified atom stereocenters. The van der Waals surface area contributed by atoms with Crippen LogP contribution in [0.5, 0.6) is 5.75 Å². The number of sulfonamides is 1. The van der Waals surface area contributed by atoms with Crippen LogP contribution < -0.4 is 9.46 Å². The number of thiophene rings is 1. The van der Waals surface area contributed by atoms with Crippen molar-refractivity contribution in [3.63, 3.8) is 0 Å². The maximum atomic E-state index is 12.1. The topological polar surface area (TPSA) is 94.3 Å². The average molecular weight is 379 g/mol. The van der Waals surface area contributed by atoms with Crippen molar-refractivity contribution in [2.24, 2.45) is 0 Å². The second kappa shape index (κ2) is 7.34. The Balaban J connectivity index is 1.60. The summed E-state index contributed by atoms with van der Waals surface area (Å²) in [6.07, 6.45) is 0.312. The molecule has 9 heteroatoms. The summed E-state index contributed by atoms with van der Waals surface area (Å²) in [5.41, 5.74) is 0.772. The number of aryl methyl sites for hydroxylation is 1. The van der Waals surface area contributed by atoms with Gasteiger partial charge in [0.2, 0.25) is 21.8 Å². The lowest BCUT2D eigenvalue weighted by Gasteiger charge is -2.02. The first-order chi connectivity index (χ1) is 12.0. The highest BCUT2D eigenvalue weighted by Crippen LogP contribution is 2.22. The lowest BCUT2D eigenvalue weighted by atomic mass is 10.2. The summed E-state index contributed by atoms with van der Waals surface area (Å²) in [7, 11) is -1.90. The van der Waals surface area contributed by atoms with E-state index in [1.807, 2.05) is 19.1 Å². The molecule has 0 saturated carbocycles. The monoisotopic (exact) mass is 379 g/mol. The maximum Gasteiger partial charge on any atom is 0.250 e. The number of nitrogens with one attached hydrogen (secondary N) is 1. The van der Waals surface area contributed by atoms with Gasteiger partial charge in [0, 0.05) is 23.4 Å². The predicted octanol–water partition coefficient (Wildman–Crippen LogP) is 2.64. The molecule has 2 aromatic heterocycles. The Labute approximate surface area is 149 Å². The molecule has 0 aliphatic rings. The van der Waals surface area contributed by atoms with Gasteiger partial charge in [-0.25, -0.2) is 13.1 Å². The second-order valence-electron chi connectivity index (χ2n) is 5.24. The van der Waals surface area contributed by atoms with Crippen LogP contribution in [0, 0.1) is 6.92 Å². The van der Waals surface area contributed by atoms with Crippen LogP contribution in [0.1, 0.15) is 10.8 Å². The minimum absolute atomic E-state index is 0.184. The molecule has 0 spiro atoms. The molecule has 132 valence electrons. The Morgan fingerprint density at radius 2 is 1.92 bits per heavy atom. The predicted molar refractivity (Wildman–Crippen MR) is 94.2 cm³/mol. The minimum atomic E-state index is -3.50.